The molecule has 0 saturated carbocycles. The lowest BCUT2D eigenvalue weighted by atomic mass is 10.3. The van der Waals surface area contributed by atoms with Crippen molar-refractivity contribution >= 4 is 20.9 Å². The van der Waals surface area contributed by atoms with Crippen LogP contribution in [0.3, 0.4) is 0 Å². The first kappa shape index (κ1) is 12.6. The van der Waals surface area contributed by atoms with E-state index < -0.39 is 9.84 Å². The average molecular weight is 282 g/mol. The molecule has 19 heavy (non-hydrogen) atoms. The number of ether oxygens (including phenoxy) is 1. The second-order valence-corrected chi connectivity index (χ2v) is 6.53. The molecule has 0 aliphatic carbocycles. The molecular formula is C12H14N2O4S. The highest BCUT2D eigenvalue weighted by Gasteiger charge is 2.22. The largest absolute Gasteiger partial charge is 0.438 e. The summed E-state index contributed by atoms with van der Waals surface area (Å²) in [5, 5.41) is 3.19. The van der Waals surface area contributed by atoms with Crippen LogP contribution in [0.4, 0.5) is 0 Å². The number of sulfone groups is 1. The van der Waals surface area contributed by atoms with Crippen molar-refractivity contribution in [1.82, 2.24) is 10.3 Å². The van der Waals surface area contributed by atoms with E-state index in [0.29, 0.717) is 30.1 Å². The highest BCUT2D eigenvalue weighted by molar-refractivity contribution is 7.90. The van der Waals surface area contributed by atoms with E-state index in [1.165, 1.54) is 18.4 Å². The molecule has 1 aliphatic rings. The van der Waals surface area contributed by atoms with E-state index in [2.05, 4.69) is 10.3 Å². The van der Waals surface area contributed by atoms with Gasteiger partial charge in [-0.1, -0.05) is 0 Å². The summed E-state index contributed by atoms with van der Waals surface area (Å²) in [6.07, 6.45) is 0.950. The molecule has 6 nitrogen and oxygen atoms in total. The molecule has 1 aliphatic heterocycles. The molecule has 0 spiro atoms. The minimum Gasteiger partial charge on any atom is -0.438 e. The highest BCUT2D eigenvalue weighted by atomic mass is 32.2. The van der Waals surface area contributed by atoms with E-state index in [0.717, 1.165) is 6.54 Å². The lowest BCUT2D eigenvalue weighted by molar-refractivity contribution is 0.0118. The van der Waals surface area contributed by atoms with Gasteiger partial charge in [0.15, 0.2) is 15.4 Å². The number of fused-ring (bicyclic) bond motifs is 1. The number of rotatable bonds is 2. The number of nitrogens with one attached hydrogen (secondary N) is 1. The Morgan fingerprint density at radius 3 is 2.95 bits per heavy atom. The number of hydrogen-bond donors (Lipinski definition) is 1. The topological polar surface area (TPSA) is 81.4 Å². The van der Waals surface area contributed by atoms with E-state index in [4.69, 9.17) is 9.15 Å². The van der Waals surface area contributed by atoms with Gasteiger partial charge < -0.3 is 14.5 Å². The van der Waals surface area contributed by atoms with E-state index in [9.17, 15) is 8.42 Å². The second kappa shape index (κ2) is 4.59. The summed E-state index contributed by atoms with van der Waals surface area (Å²) in [7, 11) is -3.24. The Hall–Kier alpha value is -1.44. The maximum absolute atomic E-state index is 11.5. The molecule has 0 radical (unpaired) electrons. The predicted molar refractivity (Wildman–Crippen MR) is 68.7 cm³/mol. The Labute approximate surface area is 110 Å². The molecule has 1 atom stereocenters. The normalized spacial score (nSPS) is 20.8. The molecule has 2 aromatic rings. The van der Waals surface area contributed by atoms with Crippen molar-refractivity contribution in [3.8, 4) is 0 Å². The van der Waals surface area contributed by atoms with Crippen LogP contribution in [-0.4, -0.2) is 39.4 Å². The Bertz CT molecular complexity index is 702. The lowest BCUT2D eigenvalue weighted by Gasteiger charge is -2.20. The zero-order valence-electron chi connectivity index (χ0n) is 10.4. The van der Waals surface area contributed by atoms with Gasteiger partial charge in [0.1, 0.15) is 11.6 Å². The van der Waals surface area contributed by atoms with Crippen molar-refractivity contribution in [3.05, 3.63) is 24.1 Å². The van der Waals surface area contributed by atoms with Crippen molar-refractivity contribution < 1.29 is 17.6 Å². The number of aromatic nitrogens is 1. The van der Waals surface area contributed by atoms with E-state index in [1.54, 1.807) is 6.07 Å². The van der Waals surface area contributed by atoms with Crippen LogP contribution in [0.5, 0.6) is 0 Å². The van der Waals surface area contributed by atoms with Crippen LogP contribution in [0.2, 0.25) is 0 Å². The minimum atomic E-state index is -3.24. The summed E-state index contributed by atoms with van der Waals surface area (Å²) in [4.78, 5) is 4.55. The zero-order chi connectivity index (χ0) is 13.5. The highest BCUT2D eigenvalue weighted by Crippen LogP contribution is 2.25. The molecule has 1 unspecified atom stereocenters. The SMILES string of the molecule is CS(=O)(=O)c1ccc2oc(C3CNCCO3)nc2c1. The van der Waals surface area contributed by atoms with E-state index in [1.807, 2.05) is 0 Å². The van der Waals surface area contributed by atoms with Gasteiger partial charge in [-0.15, -0.1) is 0 Å². The first-order valence-electron chi connectivity index (χ1n) is 5.97. The van der Waals surface area contributed by atoms with Crippen molar-refractivity contribution in [3.63, 3.8) is 0 Å². The van der Waals surface area contributed by atoms with Gasteiger partial charge in [-0.05, 0) is 18.2 Å². The van der Waals surface area contributed by atoms with Gasteiger partial charge in [-0.25, -0.2) is 13.4 Å². The monoisotopic (exact) mass is 282 g/mol. The first-order valence-corrected chi connectivity index (χ1v) is 7.86. The van der Waals surface area contributed by atoms with E-state index >= 15 is 0 Å². The lowest BCUT2D eigenvalue weighted by Crippen LogP contribution is -2.33. The Balaban J connectivity index is 2.01. The molecule has 7 heteroatoms. The quantitative estimate of drug-likeness (QED) is 0.881. The fourth-order valence-electron chi connectivity index (χ4n) is 2.02. The van der Waals surface area contributed by atoms with Gasteiger partial charge in [0, 0.05) is 19.3 Å². The molecule has 0 amide bonds. The van der Waals surface area contributed by atoms with Crippen LogP contribution in [0.1, 0.15) is 12.0 Å². The molecule has 102 valence electrons. The Kier molecular flexibility index (Phi) is 3.04. The predicted octanol–water partition coefficient (Wildman–Crippen LogP) is 0.892. The molecule has 1 aromatic carbocycles. The molecule has 0 bridgehead atoms. The molecule has 2 heterocycles. The third-order valence-corrected chi connectivity index (χ3v) is 4.12. The van der Waals surface area contributed by atoms with Crippen LogP contribution < -0.4 is 5.32 Å². The van der Waals surface area contributed by atoms with Crippen molar-refractivity contribution in [1.29, 1.82) is 0 Å². The third-order valence-electron chi connectivity index (χ3n) is 3.01. The van der Waals surface area contributed by atoms with Crippen LogP contribution in [0.15, 0.2) is 27.5 Å². The van der Waals surface area contributed by atoms with E-state index in [-0.39, 0.29) is 11.0 Å². The summed E-state index contributed by atoms with van der Waals surface area (Å²) < 4.78 is 34.1. The zero-order valence-corrected chi connectivity index (χ0v) is 11.2. The third kappa shape index (κ3) is 2.49. The molecular weight excluding hydrogens is 268 g/mol. The number of hydrogen-bond acceptors (Lipinski definition) is 6. The molecule has 1 fully saturated rings. The molecule has 1 N–H and O–H groups in total. The summed E-state index contributed by atoms with van der Waals surface area (Å²) in [5.74, 6) is 0.479. The van der Waals surface area contributed by atoms with Crippen LogP contribution in [0.25, 0.3) is 11.1 Å². The molecule has 1 saturated heterocycles. The first-order chi connectivity index (χ1) is 9.04. The van der Waals surface area contributed by atoms with Gasteiger partial charge in [0.05, 0.1) is 11.5 Å². The summed E-state index contributed by atoms with van der Waals surface area (Å²) in [5.41, 5.74) is 1.10. The summed E-state index contributed by atoms with van der Waals surface area (Å²) >= 11 is 0. The number of nitrogens with zero attached hydrogens (tertiary/aromatic N) is 1. The van der Waals surface area contributed by atoms with Crippen molar-refractivity contribution in [2.24, 2.45) is 0 Å². The van der Waals surface area contributed by atoms with Gasteiger partial charge in [0.25, 0.3) is 0 Å². The number of benzene rings is 1. The van der Waals surface area contributed by atoms with Crippen LogP contribution in [0, 0.1) is 0 Å². The van der Waals surface area contributed by atoms with Crippen LogP contribution in [-0.2, 0) is 14.6 Å². The standard InChI is InChI=1S/C12H14N2O4S/c1-19(15,16)8-2-3-10-9(6-8)14-12(18-10)11-7-13-4-5-17-11/h2-3,6,11,13H,4-5,7H2,1H3. The van der Waals surface area contributed by atoms with Crippen molar-refractivity contribution in [2.45, 2.75) is 11.0 Å². The molecule has 3 rings (SSSR count). The smallest absolute Gasteiger partial charge is 0.225 e. The van der Waals surface area contributed by atoms with Gasteiger partial charge in [-0.3, -0.25) is 0 Å². The average Bonchev–Trinajstić information content (AvgIpc) is 2.81. The Morgan fingerprint density at radius 1 is 1.42 bits per heavy atom. The molecule has 1 aromatic heterocycles. The van der Waals surface area contributed by atoms with Crippen LogP contribution >= 0.6 is 0 Å². The van der Waals surface area contributed by atoms with Gasteiger partial charge in [0.2, 0.25) is 5.89 Å². The Morgan fingerprint density at radius 2 is 2.26 bits per heavy atom. The minimum absolute atomic E-state index is 0.220. The van der Waals surface area contributed by atoms with Gasteiger partial charge in [-0.2, -0.15) is 0 Å². The van der Waals surface area contributed by atoms with Crippen molar-refractivity contribution in [2.75, 3.05) is 26.0 Å². The maximum Gasteiger partial charge on any atom is 0.225 e. The number of oxazole rings is 1. The maximum atomic E-state index is 11.5. The summed E-state index contributed by atoms with van der Waals surface area (Å²) in [6, 6.07) is 4.67. The fraction of sp³-hybridized carbons (Fsp3) is 0.417. The summed E-state index contributed by atoms with van der Waals surface area (Å²) in [6.45, 7) is 2.07. The number of morpholine rings is 1. The van der Waals surface area contributed by atoms with Gasteiger partial charge >= 0.3 is 0 Å². The fourth-order valence-corrected chi connectivity index (χ4v) is 2.66. The second-order valence-electron chi connectivity index (χ2n) is 4.52.